The van der Waals surface area contributed by atoms with Gasteiger partial charge < -0.3 is 5.11 Å². The summed E-state index contributed by atoms with van der Waals surface area (Å²) >= 11 is 0. The smallest absolute Gasteiger partial charge is 0.323 e. The minimum Gasteiger partial charge on any atom is -0.480 e. The van der Waals surface area contributed by atoms with E-state index in [1.54, 1.807) is 13.8 Å². The second-order valence-corrected chi connectivity index (χ2v) is 3.29. The van der Waals surface area contributed by atoms with Gasteiger partial charge in [0.15, 0.2) is 0 Å². The number of hydrogen-bond acceptors (Lipinski definition) is 2. The Morgan fingerprint density at radius 2 is 2.00 bits per heavy atom. The third-order valence-corrected chi connectivity index (χ3v) is 2.04. The molecule has 0 aliphatic carbocycles. The van der Waals surface area contributed by atoms with Crippen LogP contribution in [0.4, 0.5) is 0 Å². The molecular formula is C8H17NO2. The van der Waals surface area contributed by atoms with E-state index in [1.165, 1.54) is 0 Å². The second kappa shape index (κ2) is 3.72. The SMILES string of the molecule is CCCN(C)C(C)(C)C(=O)O. The van der Waals surface area contributed by atoms with E-state index in [2.05, 4.69) is 0 Å². The number of carboxylic acids is 1. The van der Waals surface area contributed by atoms with E-state index >= 15 is 0 Å². The number of carboxylic acid groups (broad SMARTS) is 1. The topological polar surface area (TPSA) is 40.5 Å². The summed E-state index contributed by atoms with van der Waals surface area (Å²) in [4.78, 5) is 12.5. The van der Waals surface area contributed by atoms with Gasteiger partial charge in [0.05, 0.1) is 0 Å². The van der Waals surface area contributed by atoms with Gasteiger partial charge in [-0.05, 0) is 33.9 Å². The number of hydrogen-bond donors (Lipinski definition) is 1. The van der Waals surface area contributed by atoms with Crippen molar-refractivity contribution in [2.75, 3.05) is 13.6 Å². The van der Waals surface area contributed by atoms with Crippen LogP contribution in [0, 0.1) is 0 Å². The Morgan fingerprint density at radius 1 is 1.55 bits per heavy atom. The maximum absolute atomic E-state index is 10.7. The van der Waals surface area contributed by atoms with Crippen LogP contribution in [0.5, 0.6) is 0 Å². The highest BCUT2D eigenvalue weighted by Crippen LogP contribution is 2.11. The van der Waals surface area contributed by atoms with Crippen LogP contribution in [-0.4, -0.2) is 35.1 Å². The van der Waals surface area contributed by atoms with Crippen LogP contribution in [-0.2, 0) is 4.79 Å². The first-order valence-corrected chi connectivity index (χ1v) is 3.87. The summed E-state index contributed by atoms with van der Waals surface area (Å²) in [6.45, 7) is 6.28. The zero-order valence-electron chi connectivity index (χ0n) is 7.72. The monoisotopic (exact) mass is 159 g/mol. The number of likely N-dealkylation sites (N-methyl/N-ethyl adjacent to an activating group) is 1. The molecule has 0 aliphatic rings. The summed E-state index contributed by atoms with van der Waals surface area (Å²) in [5, 5.41) is 8.80. The molecule has 0 heterocycles. The van der Waals surface area contributed by atoms with Gasteiger partial charge in [-0.3, -0.25) is 9.69 Å². The maximum atomic E-state index is 10.7. The minimum absolute atomic E-state index is 0.740. The van der Waals surface area contributed by atoms with Crippen molar-refractivity contribution in [2.45, 2.75) is 32.7 Å². The van der Waals surface area contributed by atoms with Crippen molar-refractivity contribution in [2.24, 2.45) is 0 Å². The van der Waals surface area contributed by atoms with Crippen LogP contribution in [0.3, 0.4) is 0 Å². The Hall–Kier alpha value is -0.570. The normalized spacial score (nSPS) is 12.1. The highest BCUT2D eigenvalue weighted by Gasteiger charge is 2.30. The summed E-state index contributed by atoms with van der Waals surface area (Å²) in [7, 11) is 1.83. The molecule has 0 unspecified atom stereocenters. The van der Waals surface area contributed by atoms with Gasteiger partial charge in [0, 0.05) is 0 Å². The van der Waals surface area contributed by atoms with Crippen LogP contribution in [0.25, 0.3) is 0 Å². The molecule has 1 N–H and O–H groups in total. The average molecular weight is 159 g/mol. The first-order chi connectivity index (χ1) is 4.92. The first kappa shape index (κ1) is 10.4. The first-order valence-electron chi connectivity index (χ1n) is 3.87. The fraction of sp³-hybridized carbons (Fsp3) is 0.875. The lowest BCUT2D eigenvalue weighted by atomic mass is 10.0. The Kier molecular flexibility index (Phi) is 3.52. The Balaban J connectivity index is 4.17. The largest absolute Gasteiger partial charge is 0.480 e. The number of aliphatic carboxylic acids is 1. The summed E-state index contributed by atoms with van der Waals surface area (Å²) in [6.07, 6.45) is 0.979. The van der Waals surface area contributed by atoms with Gasteiger partial charge in [0.2, 0.25) is 0 Å². The molecule has 0 atom stereocenters. The third kappa shape index (κ3) is 2.50. The summed E-state index contributed by atoms with van der Waals surface area (Å²) in [5.74, 6) is -0.770. The van der Waals surface area contributed by atoms with Gasteiger partial charge >= 0.3 is 5.97 Å². The van der Waals surface area contributed by atoms with E-state index in [0.29, 0.717) is 0 Å². The quantitative estimate of drug-likeness (QED) is 0.670. The van der Waals surface area contributed by atoms with Crippen molar-refractivity contribution in [3.05, 3.63) is 0 Å². The lowest BCUT2D eigenvalue weighted by Gasteiger charge is -2.30. The highest BCUT2D eigenvalue weighted by molar-refractivity contribution is 5.77. The van der Waals surface area contributed by atoms with E-state index in [-0.39, 0.29) is 0 Å². The fourth-order valence-corrected chi connectivity index (χ4v) is 0.778. The highest BCUT2D eigenvalue weighted by atomic mass is 16.4. The predicted octanol–water partition coefficient (Wildman–Crippen LogP) is 1.19. The third-order valence-electron chi connectivity index (χ3n) is 2.04. The maximum Gasteiger partial charge on any atom is 0.323 e. The molecule has 3 heteroatoms. The fourth-order valence-electron chi connectivity index (χ4n) is 0.778. The Labute approximate surface area is 68.0 Å². The van der Waals surface area contributed by atoms with Gasteiger partial charge in [0.1, 0.15) is 5.54 Å². The van der Waals surface area contributed by atoms with E-state index in [4.69, 9.17) is 5.11 Å². The van der Waals surface area contributed by atoms with Crippen molar-refractivity contribution < 1.29 is 9.90 Å². The zero-order valence-corrected chi connectivity index (χ0v) is 7.72. The Morgan fingerprint density at radius 3 is 2.27 bits per heavy atom. The molecule has 3 nitrogen and oxygen atoms in total. The van der Waals surface area contributed by atoms with Gasteiger partial charge in [-0.15, -0.1) is 0 Å². The predicted molar refractivity (Wildman–Crippen MR) is 44.6 cm³/mol. The second-order valence-electron chi connectivity index (χ2n) is 3.29. The molecule has 0 aromatic carbocycles. The molecule has 0 aromatic heterocycles. The van der Waals surface area contributed by atoms with Gasteiger partial charge in [-0.1, -0.05) is 6.92 Å². The van der Waals surface area contributed by atoms with E-state index in [0.717, 1.165) is 13.0 Å². The van der Waals surface area contributed by atoms with Crippen molar-refractivity contribution in [1.82, 2.24) is 4.90 Å². The van der Waals surface area contributed by atoms with Gasteiger partial charge in [-0.25, -0.2) is 0 Å². The molecular weight excluding hydrogens is 142 g/mol. The van der Waals surface area contributed by atoms with Crippen molar-refractivity contribution in [3.8, 4) is 0 Å². The molecule has 0 amide bonds. The van der Waals surface area contributed by atoms with Crippen molar-refractivity contribution in [1.29, 1.82) is 0 Å². The summed E-state index contributed by atoms with van der Waals surface area (Å²) < 4.78 is 0. The van der Waals surface area contributed by atoms with E-state index < -0.39 is 11.5 Å². The van der Waals surface area contributed by atoms with Crippen LogP contribution < -0.4 is 0 Å². The van der Waals surface area contributed by atoms with E-state index in [1.807, 2.05) is 18.9 Å². The molecule has 0 saturated heterocycles. The minimum atomic E-state index is -0.770. The molecule has 0 spiro atoms. The molecule has 66 valence electrons. The zero-order chi connectivity index (χ0) is 9.07. The van der Waals surface area contributed by atoms with Crippen LogP contribution in [0.15, 0.2) is 0 Å². The van der Waals surface area contributed by atoms with Crippen molar-refractivity contribution in [3.63, 3.8) is 0 Å². The van der Waals surface area contributed by atoms with Crippen molar-refractivity contribution >= 4 is 5.97 Å². The molecule has 11 heavy (non-hydrogen) atoms. The average Bonchev–Trinajstić information content (AvgIpc) is 1.88. The van der Waals surface area contributed by atoms with E-state index in [9.17, 15) is 4.79 Å². The number of nitrogens with zero attached hydrogens (tertiary/aromatic N) is 1. The number of rotatable bonds is 4. The standard InChI is InChI=1S/C8H17NO2/c1-5-6-9(4)8(2,3)7(10)11/h5-6H2,1-4H3,(H,10,11). The molecule has 0 aromatic rings. The molecule has 0 bridgehead atoms. The van der Waals surface area contributed by atoms with Gasteiger partial charge in [-0.2, -0.15) is 0 Å². The lowest BCUT2D eigenvalue weighted by Crippen LogP contribution is -2.48. The van der Waals surface area contributed by atoms with Crippen LogP contribution >= 0.6 is 0 Å². The molecule has 0 saturated carbocycles. The molecule has 0 fully saturated rings. The summed E-state index contributed by atoms with van der Waals surface area (Å²) in [6, 6.07) is 0. The van der Waals surface area contributed by atoms with Gasteiger partial charge in [0.25, 0.3) is 0 Å². The molecule has 0 aliphatic heterocycles. The van der Waals surface area contributed by atoms with Crippen LogP contribution in [0.2, 0.25) is 0 Å². The lowest BCUT2D eigenvalue weighted by molar-refractivity contribution is -0.148. The summed E-state index contributed by atoms with van der Waals surface area (Å²) in [5.41, 5.74) is -0.740. The molecule has 0 radical (unpaired) electrons. The molecule has 0 rings (SSSR count). The van der Waals surface area contributed by atoms with Crippen LogP contribution in [0.1, 0.15) is 27.2 Å². The number of carbonyl (C=O) groups is 1. The Bertz CT molecular complexity index is 143.